The minimum atomic E-state index is -3.20. The van der Waals surface area contributed by atoms with Gasteiger partial charge in [-0.15, -0.1) is 24.0 Å². The van der Waals surface area contributed by atoms with Gasteiger partial charge in [0.15, 0.2) is 15.8 Å². The number of sulfone groups is 1. The summed E-state index contributed by atoms with van der Waals surface area (Å²) in [5, 5.41) is 9.13. The molecule has 8 heteroatoms. The zero-order chi connectivity index (χ0) is 22.3. The maximum Gasteiger partial charge on any atom is 0.191 e. The summed E-state index contributed by atoms with van der Waals surface area (Å²) >= 11 is 0. The number of hydrogen-bond donors (Lipinski definition) is 2. The van der Waals surface area contributed by atoms with Crippen molar-refractivity contribution in [2.45, 2.75) is 24.8 Å². The van der Waals surface area contributed by atoms with E-state index in [1.165, 1.54) is 22.6 Å². The number of fused-ring (bicyclic) bond motifs is 1. The van der Waals surface area contributed by atoms with Gasteiger partial charge in [0, 0.05) is 12.8 Å². The Morgan fingerprint density at radius 3 is 2.38 bits per heavy atom. The van der Waals surface area contributed by atoms with E-state index in [0.29, 0.717) is 18.9 Å². The number of nitrogens with zero attached hydrogens (tertiary/aromatic N) is 1. The standard InChI is InChI=1S/C24H29N3O3S.HI/c1-4-25-24(26-15-16-30-22-11-13-23(14-12-22)31(3,28)29)27-18(2)20-10-9-19-7-5-6-8-21(19)17-20;/h5-14,17-18H,4,15-16H2,1-3H3,(H2,25,26,27);1H. The summed E-state index contributed by atoms with van der Waals surface area (Å²) < 4.78 is 28.7. The molecule has 32 heavy (non-hydrogen) atoms. The van der Waals surface area contributed by atoms with E-state index in [4.69, 9.17) is 4.74 Å². The van der Waals surface area contributed by atoms with Gasteiger partial charge in [0.05, 0.1) is 17.5 Å². The van der Waals surface area contributed by atoms with E-state index in [9.17, 15) is 8.42 Å². The topological polar surface area (TPSA) is 79.8 Å². The van der Waals surface area contributed by atoms with Crippen LogP contribution in [0.1, 0.15) is 25.5 Å². The highest BCUT2D eigenvalue weighted by molar-refractivity contribution is 14.0. The molecule has 0 aliphatic carbocycles. The van der Waals surface area contributed by atoms with Crippen LogP contribution in [0.25, 0.3) is 10.8 Å². The Morgan fingerprint density at radius 2 is 1.72 bits per heavy atom. The van der Waals surface area contributed by atoms with Crippen LogP contribution < -0.4 is 15.4 Å². The first-order valence-corrected chi connectivity index (χ1v) is 12.2. The lowest BCUT2D eigenvalue weighted by Crippen LogP contribution is -2.39. The zero-order valence-corrected chi connectivity index (χ0v) is 21.7. The third kappa shape index (κ3) is 7.37. The van der Waals surface area contributed by atoms with Crippen LogP contribution in [0, 0.1) is 0 Å². The van der Waals surface area contributed by atoms with Crippen LogP contribution in [0.4, 0.5) is 0 Å². The molecule has 2 N–H and O–H groups in total. The summed E-state index contributed by atoms with van der Waals surface area (Å²) in [6.45, 7) is 5.74. The second-order valence-electron chi connectivity index (χ2n) is 7.33. The predicted octanol–water partition coefficient (Wildman–Crippen LogP) is 4.56. The third-order valence-corrected chi connectivity index (χ3v) is 5.98. The Balaban J connectivity index is 0.00000363. The average molecular weight is 567 g/mol. The van der Waals surface area contributed by atoms with Crippen LogP contribution >= 0.6 is 24.0 Å². The molecular weight excluding hydrogens is 537 g/mol. The fourth-order valence-corrected chi connectivity index (χ4v) is 3.82. The number of aliphatic imine (C=N–C) groups is 1. The van der Waals surface area contributed by atoms with E-state index in [1.807, 2.05) is 19.1 Å². The zero-order valence-electron chi connectivity index (χ0n) is 18.5. The summed E-state index contributed by atoms with van der Waals surface area (Å²) in [6.07, 6.45) is 1.19. The number of hydrogen-bond acceptors (Lipinski definition) is 4. The van der Waals surface area contributed by atoms with Crippen LogP contribution in [0.3, 0.4) is 0 Å². The van der Waals surface area contributed by atoms with Crippen LogP contribution in [0.2, 0.25) is 0 Å². The van der Waals surface area contributed by atoms with Gasteiger partial charge in [-0.1, -0.05) is 36.4 Å². The maximum absolute atomic E-state index is 11.5. The minimum Gasteiger partial charge on any atom is -0.492 e. The Kier molecular flexibility index (Phi) is 9.77. The van der Waals surface area contributed by atoms with Crippen molar-refractivity contribution in [2.75, 3.05) is 26.0 Å². The summed E-state index contributed by atoms with van der Waals surface area (Å²) in [4.78, 5) is 4.86. The van der Waals surface area contributed by atoms with Crippen LogP contribution in [0.15, 0.2) is 76.6 Å². The Labute approximate surface area is 207 Å². The number of halogens is 1. The number of benzene rings is 3. The summed E-state index contributed by atoms with van der Waals surface area (Å²) in [5.41, 5.74) is 1.19. The summed E-state index contributed by atoms with van der Waals surface area (Å²) in [7, 11) is -3.20. The highest BCUT2D eigenvalue weighted by Crippen LogP contribution is 2.20. The normalized spacial score (nSPS) is 12.7. The van der Waals surface area contributed by atoms with E-state index in [1.54, 1.807) is 24.3 Å². The fraction of sp³-hybridized carbons (Fsp3) is 0.292. The van der Waals surface area contributed by atoms with Crippen molar-refractivity contribution in [3.63, 3.8) is 0 Å². The van der Waals surface area contributed by atoms with Crippen LogP contribution in [0.5, 0.6) is 5.75 Å². The van der Waals surface area contributed by atoms with E-state index in [-0.39, 0.29) is 34.9 Å². The van der Waals surface area contributed by atoms with Crippen LogP contribution in [-0.2, 0) is 9.84 Å². The molecule has 0 radical (unpaired) electrons. The van der Waals surface area contributed by atoms with Gasteiger partial charge in [0.1, 0.15) is 12.4 Å². The Bertz CT molecular complexity index is 1150. The molecule has 0 fully saturated rings. The molecule has 0 aliphatic rings. The fourth-order valence-electron chi connectivity index (χ4n) is 3.19. The van der Waals surface area contributed by atoms with Gasteiger partial charge < -0.3 is 15.4 Å². The van der Waals surface area contributed by atoms with Gasteiger partial charge >= 0.3 is 0 Å². The largest absolute Gasteiger partial charge is 0.492 e. The molecule has 0 spiro atoms. The first-order valence-electron chi connectivity index (χ1n) is 10.3. The number of ether oxygens (including phenoxy) is 1. The van der Waals surface area contributed by atoms with Crippen molar-refractivity contribution in [3.8, 4) is 5.75 Å². The van der Waals surface area contributed by atoms with E-state index in [0.717, 1.165) is 12.5 Å². The molecule has 0 aliphatic heterocycles. The van der Waals surface area contributed by atoms with E-state index >= 15 is 0 Å². The quantitative estimate of drug-likeness (QED) is 0.181. The van der Waals surface area contributed by atoms with Gasteiger partial charge in [0.2, 0.25) is 0 Å². The van der Waals surface area contributed by atoms with Gasteiger partial charge in [-0.25, -0.2) is 13.4 Å². The van der Waals surface area contributed by atoms with Crippen molar-refractivity contribution in [1.29, 1.82) is 0 Å². The molecule has 6 nitrogen and oxygen atoms in total. The van der Waals surface area contributed by atoms with E-state index < -0.39 is 9.84 Å². The van der Waals surface area contributed by atoms with E-state index in [2.05, 4.69) is 52.9 Å². The molecule has 3 rings (SSSR count). The SMILES string of the molecule is CCNC(=NCCOc1ccc(S(C)(=O)=O)cc1)NC(C)c1ccc2ccccc2c1.I. The average Bonchev–Trinajstić information content (AvgIpc) is 2.76. The number of rotatable bonds is 8. The highest BCUT2D eigenvalue weighted by Gasteiger charge is 2.09. The highest BCUT2D eigenvalue weighted by atomic mass is 127. The lowest BCUT2D eigenvalue weighted by atomic mass is 10.0. The molecule has 0 aromatic heterocycles. The van der Waals surface area contributed by atoms with Gasteiger partial charge in [0.25, 0.3) is 0 Å². The van der Waals surface area contributed by atoms with Gasteiger partial charge in [-0.3, -0.25) is 0 Å². The van der Waals surface area contributed by atoms with Crippen LogP contribution in [-0.4, -0.2) is 40.3 Å². The van der Waals surface area contributed by atoms with Gasteiger partial charge in [-0.2, -0.15) is 0 Å². The van der Waals surface area contributed by atoms with Crippen molar-refractivity contribution in [1.82, 2.24) is 10.6 Å². The number of guanidine groups is 1. The van der Waals surface area contributed by atoms with Crippen molar-refractivity contribution >= 4 is 50.5 Å². The predicted molar refractivity (Wildman–Crippen MR) is 142 cm³/mol. The first-order chi connectivity index (χ1) is 14.9. The monoisotopic (exact) mass is 567 g/mol. The molecule has 172 valence electrons. The molecule has 1 atom stereocenters. The molecule has 0 saturated heterocycles. The lowest BCUT2D eigenvalue weighted by Gasteiger charge is -2.19. The third-order valence-electron chi connectivity index (χ3n) is 4.85. The molecule has 0 heterocycles. The second-order valence-corrected chi connectivity index (χ2v) is 9.34. The maximum atomic E-state index is 11.5. The summed E-state index contributed by atoms with van der Waals surface area (Å²) in [6, 6.07) is 21.3. The molecule has 0 bridgehead atoms. The lowest BCUT2D eigenvalue weighted by molar-refractivity contribution is 0.328. The minimum absolute atomic E-state index is 0. The molecule has 0 amide bonds. The second kappa shape index (κ2) is 12.1. The number of nitrogens with one attached hydrogen (secondary N) is 2. The van der Waals surface area contributed by atoms with Gasteiger partial charge in [-0.05, 0) is 60.5 Å². The molecular formula is C24H30IN3O3S. The Morgan fingerprint density at radius 1 is 1.03 bits per heavy atom. The molecule has 0 saturated carbocycles. The Hall–Kier alpha value is -2.33. The van der Waals surface area contributed by atoms with Crippen molar-refractivity contribution in [3.05, 3.63) is 72.3 Å². The first kappa shape index (κ1) is 25.9. The summed E-state index contributed by atoms with van der Waals surface area (Å²) in [5.74, 6) is 1.34. The smallest absolute Gasteiger partial charge is 0.191 e. The molecule has 3 aromatic carbocycles. The van der Waals surface area contributed by atoms with Crippen molar-refractivity contribution < 1.29 is 13.2 Å². The molecule has 3 aromatic rings. The molecule has 1 unspecified atom stereocenters. The van der Waals surface area contributed by atoms with Crippen molar-refractivity contribution in [2.24, 2.45) is 4.99 Å².